The average Bonchev–Trinajstić information content (AvgIpc) is 2.41. The second-order valence-corrected chi connectivity index (χ2v) is 4.07. The molecule has 19 heavy (non-hydrogen) atoms. The molecule has 0 radical (unpaired) electrons. The van der Waals surface area contributed by atoms with Crippen LogP contribution >= 0.6 is 0 Å². The van der Waals surface area contributed by atoms with Gasteiger partial charge in [0.15, 0.2) is 11.6 Å². The summed E-state index contributed by atoms with van der Waals surface area (Å²) in [5, 5.41) is 0. The Morgan fingerprint density at radius 1 is 1.47 bits per heavy atom. The lowest BCUT2D eigenvalue weighted by atomic mass is 10.1. The average molecular weight is 263 g/mol. The van der Waals surface area contributed by atoms with Gasteiger partial charge in [0, 0.05) is 24.8 Å². The first kappa shape index (κ1) is 13.2. The van der Waals surface area contributed by atoms with E-state index in [4.69, 9.17) is 10.5 Å². The molecule has 0 saturated heterocycles. The van der Waals surface area contributed by atoms with Crippen molar-refractivity contribution in [3.63, 3.8) is 0 Å². The lowest BCUT2D eigenvalue weighted by Crippen LogP contribution is -2.26. The maximum absolute atomic E-state index is 13.6. The van der Waals surface area contributed by atoms with Gasteiger partial charge in [-0.25, -0.2) is 9.37 Å². The number of halogens is 1. The molecule has 1 aromatic carbocycles. The van der Waals surface area contributed by atoms with Crippen molar-refractivity contribution in [1.29, 1.82) is 0 Å². The van der Waals surface area contributed by atoms with Crippen LogP contribution in [0.15, 0.2) is 41.6 Å². The molecule has 0 aliphatic heterocycles. The van der Waals surface area contributed by atoms with Crippen LogP contribution in [-0.4, -0.2) is 16.7 Å². The van der Waals surface area contributed by atoms with Gasteiger partial charge in [-0.3, -0.25) is 9.36 Å². The molecule has 1 heterocycles. The Kier molecular flexibility index (Phi) is 3.91. The normalized spacial score (nSPS) is 12.2. The molecule has 6 heteroatoms. The third-order valence-electron chi connectivity index (χ3n) is 2.79. The molecule has 2 rings (SSSR count). The quantitative estimate of drug-likeness (QED) is 0.896. The van der Waals surface area contributed by atoms with Gasteiger partial charge >= 0.3 is 0 Å². The standard InChI is InChI=1S/C13H14FN3O2/c1-19-12-3-2-9(6-10(12)14)11(15)7-17-8-16-5-4-13(17)18/h2-6,8,11H,7,15H2,1H3. The van der Waals surface area contributed by atoms with Crippen molar-refractivity contribution >= 4 is 0 Å². The van der Waals surface area contributed by atoms with Crippen LogP contribution in [0.3, 0.4) is 0 Å². The van der Waals surface area contributed by atoms with Crippen LogP contribution in [0.1, 0.15) is 11.6 Å². The first-order chi connectivity index (χ1) is 9.11. The van der Waals surface area contributed by atoms with Crippen molar-refractivity contribution in [2.45, 2.75) is 12.6 Å². The Balaban J connectivity index is 2.21. The van der Waals surface area contributed by atoms with Crippen LogP contribution in [0.25, 0.3) is 0 Å². The fourth-order valence-electron chi connectivity index (χ4n) is 1.75. The number of hydrogen-bond acceptors (Lipinski definition) is 4. The van der Waals surface area contributed by atoms with Crippen LogP contribution in [0.5, 0.6) is 5.75 Å². The van der Waals surface area contributed by atoms with E-state index >= 15 is 0 Å². The number of ether oxygens (including phenoxy) is 1. The largest absolute Gasteiger partial charge is 0.494 e. The maximum Gasteiger partial charge on any atom is 0.253 e. The predicted octanol–water partition coefficient (Wildman–Crippen LogP) is 1.09. The fourth-order valence-corrected chi connectivity index (χ4v) is 1.75. The third kappa shape index (κ3) is 2.97. The Labute approximate surface area is 109 Å². The highest BCUT2D eigenvalue weighted by Gasteiger charge is 2.11. The molecule has 1 aromatic heterocycles. The Morgan fingerprint density at radius 3 is 2.89 bits per heavy atom. The summed E-state index contributed by atoms with van der Waals surface area (Å²) in [5.41, 5.74) is 6.36. The lowest BCUT2D eigenvalue weighted by Gasteiger charge is -2.14. The molecule has 100 valence electrons. The first-order valence-electron chi connectivity index (χ1n) is 5.71. The maximum atomic E-state index is 13.6. The number of methoxy groups -OCH3 is 1. The first-order valence-corrected chi connectivity index (χ1v) is 5.71. The van der Waals surface area contributed by atoms with Gasteiger partial charge in [-0.15, -0.1) is 0 Å². The molecule has 0 fully saturated rings. The molecule has 5 nitrogen and oxygen atoms in total. The molecule has 0 amide bonds. The topological polar surface area (TPSA) is 70.1 Å². The van der Waals surface area contributed by atoms with Crippen molar-refractivity contribution in [1.82, 2.24) is 9.55 Å². The van der Waals surface area contributed by atoms with E-state index < -0.39 is 11.9 Å². The summed E-state index contributed by atoms with van der Waals surface area (Å²) in [6.45, 7) is 0.235. The van der Waals surface area contributed by atoms with Gasteiger partial charge in [-0.2, -0.15) is 0 Å². The van der Waals surface area contributed by atoms with E-state index in [0.29, 0.717) is 5.56 Å². The van der Waals surface area contributed by atoms with E-state index in [1.54, 1.807) is 6.07 Å². The minimum absolute atomic E-state index is 0.162. The second-order valence-electron chi connectivity index (χ2n) is 4.07. The zero-order valence-electron chi connectivity index (χ0n) is 10.4. The number of rotatable bonds is 4. The minimum Gasteiger partial charge on any atom is -0.494 e. The van der Waals surface area contributed by atoms with Crippen molar-refractivity contribution in [2.24, 2.45) is 5.73 Å². The summed E-state index contributed by atoms with van der Waals surface area (Å²) in [6, 6.07) is 5.35. The summed E-state index contributed by atoms with van der Waals surface area (Å²) < 4.78 is 19.8. The van der Waals surface area contributed by atoms with Gasteiger partial charge in [0.2, 0.25) is 0 Å². The van der Waals surface area contributed by atoms with E-state index in [-0.39, 0.29) is 17.9 Å². The molecule has 0 bridgehead atoms. The van der Waals surface area contributed by atoms with Gasteiger partial charge in [-0.05, 0) is 17.7 Å². The molecule has 0 aliphatic rings. The summed E-state index contributed by atoms with van der Waals surface area (Å²) in [7, 11) is 1.40. The van der Waals surface area contributed by atoms with Crippen LogP contribution in [0.4, 0.5) is 4.39 Å². The van der Waals surface area contributed by atoms with Crippen LogP contribution < -0.4 is 16.0 Å². The van der Waals surface area contributed by atoms with Crippen LogP contribution in [0, 0.1) is 5.82 Å². The SMILES string of the molecule is COc1ccc(C(N)Cn2cnccc2=O)cc1F. The van der Waals surface area contributed by atoms with E-state index in [0.717, 1.165) is 0 Å². The summed E-state index contributed by atoms with van der Waals surface area (Å²) in [4.78, 5) is 15.4. The summed E-state index contributed by atoms with van der Waals surface area (Å²) >= 11 is 0. The highest BCUT2D eigenvalue weighted by Crippen LogP contribution is 2.21. The van der Waals surface area contributed by atoms with Crippen molar-refractivity contribution in [3.05, 3.63) is 58.5 Å². The molecule has 2 N–H and O–H groups in total. The second kappa shape index (κ2) is 5.62. The molecular weight excluding hydrogens is 249 g/mol. The highest BCUT2D eigenvalue weighted by molar-refractivity contribution is 5.30. The summed E-state index contributed by atoms with van der Waals surface area (Å²) in [5.74, 6) is -0.316. The Morgan fingerprint density at radius 2 is 2.26 bits per heavy atom. The number of aromatic nitrogens is 2. The lowest BCUT2D eigenvalue weighted by molar-refractivity contribution is 0.385. The minimum atomic E-state index is -0.498. The van der Waals surface area contributed by atoms with Crippen LogP contribution in [-0.2, 0) is 6.54 Å². The zero-order valence-corrected chi connectivity index (χ0v) is 10.4. The molecular formula is C13H14FN3O2. The molecule has 0 saturated carbocycles. The number of nitrogens with two attached hydrogens (primary N) is 1. The van der Waals surface area contributed by atoms with Gasteiger partial charge < -0.3 is 10.5 Å². The number of benzene rings is 1. The van der Waals surface area contributed by atoms with Crippen molar-refractivity contribution < 1.29 is 9.13 Å². The van der Waals surface area contributed by atoms with Gasteiger partial charge in [-0.1, -0.05) is 6.07 Å². The molecule has 1 unspecified atom stereocenters. The van der Waals surface area contributed by atoms with Gasteiger partial charge in [0.25, 0.3) is 5.56 Å². The summed E-state index contributed by atoms with van der Waals surface area (Å²) in [6.07, 6.45) is 2.82. The van der Waals surface area contributed by atoms with Gasteiger partial charge in [0.05, 0.1) is 13.4 Å². The highest BCUT2D eigenvalue weighted by atomic mass is 19.1. The van der Waals surface area contributed by atoms with Crippen molar-refractivity contribution in [2.75, 3.05) is 7.11 Å². The van der Waals surface area contributed by atoms with E-state index in [2.05, 4.69) is 4.98 Å². The number of hydrogen-bond donors (Lipinski definition) is 1. The van der Waals surface area contributed by atoms with E-state index in [1.165, 1.54) is 42.4 Å². The predicted molar refractivity (Wildman–Crippen MR) is 68.4 cm³/mol. The monoisotopic (exact) mass is 263 g/mol. The van der Waals surface area contributed by atoms with E-state index in [9.17, 15) is 9.18 Å². The van der Waals surface area contributed by atoms with Gasteiger partial charge in [0.1, 0.15) is 0 Å². The zero-order chi connectivity index (χ0) is 13.8. The van der Waals surface area contributed by atoms with Crippen molar-refractivity contribution in [3.8, 4) is 5.75 Å². The molecule has 0 spiro atoms. The van der Waals surface area contributed by atoms with E-state index in [1.807, 2.05) is 0 Å². The number of nitrogens with zero attached hydrogens (tertiary/aromatic N) is 2. The fraction of sp³-hybridized carbons (Fsp3) is 0.231. The molecule has 0 aliphatic carbocycles. The smallest absolute Gasteiger partial charge is 0.253 e. The Hall–Kier alpha value is -2.21. The third-order valence-corrected chi connectivity index (χ3v) is 2.79. The van der Waals surface area contributed by atoms with Crippen LogP contribution in [0.2, 0.25) is 0 Å². The Bertz CT molecular complexity index is 627. The molecule has 1 atom stereocenters. The molecule has 2 aromatic rings.